The molecular formula is C20H22N4O. The van der Waals surface area contributed by atoms with Crippen LogP contribution in [-0.2, 0) is 5.41 Å². The van der Waals surface area contributed by atoms with Crippen LogP contribution in [0.25, 0.3) is 11.6 Å². The molecule has 0 amide bonds. The Morgan fingerprint density at radius 2 is 1.76 bits per heavy atom. The summed E-state index contributed by atoms with van der Waals surface area (Å²) in [6, 6.07) is 14.3. The Labute approximate surface area is 147 Å². The molecule has 4 rings (SSSR count). The normalized spacial score (nSPS) is 14.9. The molecule has 0 saturated carbocycles. The summed E-state index contributed by atoms with van der Waals surface area (Å²) in [6.07, 6.45) is 4.30. The van der Waals surface area contributed by atoms with Gasteiger partial charge >= 0.3 is 0 Å². The third-order valence-electron chi connectivity index (χ3n) is 4.89. The van der Waals surface area contributed by atoms with E-state index in [0.29, 0.717) is 11.8 Å². The van der Waals surface area contributed by atoms with Crippen molar-refractivity contribution in [2.75, 3.05) is 18.0 Å². The van der Waals surface area contributed by atoms with Crippen LogP contribution in [0.5, 0.6) is 0 Å². The predicted molar refractivity (Wildman–Crippen MR) is 97.5 cm³/mol. The molecule has 1 fully saturated rings. The maximum absolute atomic E-state index is 6.00. The first-order chi connectivity index (χ1) is 12.1. The zero-order valence-electron chi connectivity index (χ0n) is 14.6. The van der Waals surface area contributed by atoms with Gasteiger partial charge < -0.3 is 9.32 Å². The van der Waals surface area contributed by atoms with Gasteiger partial charge in [-0.05, 0) is 44.4 Å². The Balaban J connectivity index is 1.64. The summed E-state index contributed by atoms with van der Waals surface area (Å²) < 4.78 is 6.00. The fraction of sp³-hybridized carbons (Fsp3) is 0.350. The van der Waals surface area contributed by atoms with E-state index in [1.54, 1.807) is 0 Å². The van der Waals surface area contributed by atoms with E-state index < -0.39 is 0 Å². The van der Waals surface area contributed by atoms with Crippen molar-refractivity contribution in [2.24, 2.45) is 0 Å². The Bertz CT molecular complexity index is 851. The first-order valence-corrected chi connectivity index (χ1v) is 8.75. The number of nitrogens with zero attached hydrogens (tertiary/aromatic N) is 4. The number of pyridine rings is 1. The highest BCUT2D eigenvalue weighted by Crippen LogP contribution is 2.32. The maximum Gasteiger partial charge on any atom is 0.266 e. The average molecular weight is 334 g/mol. The molecule has 1 aliphatic heterocycles. The van der Waals surface area contributed by atoms with Gasteiger partial charge in [-0.15, -0.1) is 10.2 Å². The second kappa shape index (κ2) is 6.31. The lowest BCUT2D eigenvalue weighted by Gasteiger charge is -2.20. The van der Waals surface area contributed by atoms with E-state index in [0.717, 1.165) is 24.3 Å². The number of hydrogen-bond acceptors (Lipinski definition) is 5. The highest BCUT2D eigenvalue weighted by molar-refractivity contribution is 5.58. The molecule has 1 saturated heterocycles. The zero-order chi connectivity index (χ0) is 17.3. The van der Waals surface area contributed by atoms with Gasteiger partial charge in [0.15, 0.2) is 0 Å². The van der Waals surface area contributed by atoms with Crippen LogP contribution in [-0.4, -0.2) is 28.3 Å². The van der Waals surface area contributed by atoms with Gasteiger partial charge in [-0.25, -0.2) is 0 Å². The first kappa shape index (κ1) is 15.8. The summed E-state index contributed by atoms with van der Waals surface area (Å²) in [4.78, 5) is 6.80. The number of hydrogen-bond donors (Lipinski definition) is 0. The van der Waals surface area contributed by atoms with E-state index in [-0.39, 0.29) is 5.41 Å². The van der Waals surface area contributed by atoms with E-state index in [1.165, 1.54) is 18.5 Å². The van der Waals surface area contributed by atoms with Crippen LogP contribution in [0.4, 0.5) is 5.69 Å². The van der Waals surface area contributed by atoms with Gasteiger partial charge in [0.2, 0.25) is 5.89 Å². The van der Waals surface area contributed by atoms with Gasteiger partial charge in [0.25, 0.3) is 5.89 Å². The van der Waals surface area contributed by atoms with Crippen molar-refractivity contribution in [1.29, 1.82) is 0 Å². The minimum Gasteiger partial charge on any atom is -0.418 e. The van der Waals surface area contributed by atoms with Gasteiger partial charge in [0.1, 0.15) is 5.69 Å². The number of benzene rings is 1. The standard InChI is InChI=1S/C20H22N4O/c1-20(2,15-8-4-3-5-9-15)19-23-22-18(25-19)17-14-16(10-11-21-17)24-12-6-7-13-24/h3-5,8-11,14H,6-7,12-13H2,1-2H3. The summed E-state index contributed by atoms with van der Waals surface area (Å²) in [5.74, 6) is 1.07. The molecule has 5 heteroatoms. The highest BCUT2D eigenvalue weighted by Gasteiger charge is 2.30. The van der Waals surface area contributed by atoms with Crippen LogP contribution in [0.15, 0.2) is 53.1 Å². The lowest BCUT2D eigenvalue weighted by atomic mass is 9.85. The smallest absolute Gasteiger partial charge is 0.266 e. The number of anilines is 1. The molecule has 0 N–H and O–H groups in total. The molecular weight excluding hydrogens is 312 g/mol. The topological polar surface area (TPSA) is 55.1 Å². The number of aromatic nitrogens is 3. The largest absolute Gasteiger partial charge is 0.418 e. The Hall–Kier alpha value is -2.69. The van der Waals surface area contributed by atoms with E-state index in [9.17, 15) is 0 Å². The van der Waals surface area contributed by atoms with Crippen molar-refractivity contribution in [2.45, 2.75) is 32.1 Å². The zero-order valence-corrected chi connectivity index (χ0v) is 14.6. The summed E-state index contributed by atoms with van der Waals surface area (Å²) in [5.41, 5.74) is 2.69. The Morgan fingerprint density at radius 3 is 2.52 bits per heavy atom. The second-order valence-corrected chi connectivity index (χ2v) is 7.00. The fourth-order valence-electron chi connectivity index (χ4n) is 3.27. The minimum absolute atomic E-state index is 0.348. The van der Waals surface area contributed by atoms with Gasteiger partial charge in [-0.3, -0.25) is 4.98 Å². The second-order valence-electron chi connectivity index (χ2n) is 7.00. The van der Waals surface area contributed by atoms with Crippen molar-refractivity contribution >= 4 is 5.69 Å². The van der Waals surface area contributed by atoms with Gasteiger partial charge in [-0.1, -0.05) is 30.3 Å². The summed E-state index contributed by atoms with van der Waals surface area (Å²) in [5, 5.41) is 8.55. The molecule has 1 aliphatic rings. The minimum atomic E-state index is -0.348. The fourth-order valence-corrected chi connectivity index (χ4v) is 3.27. The van der Waals surface area contributed by atoms with Crippen molar-refractivity contribution in [3.8, 4) is 11.6 Å². The quantitative estimate of drug-likeness (QED) is 0.720. The Morgan fingerprint density at radius 1 is 1.00 bits per heavy atom. The van der Waals surface area contributed by atoms with Crippen LogP contribution >= 0.6 is 0 Å². The van der Waals surface area contributed by atoms with Gasteiger partial charge in [0, 0.05) is 25.0 Å². The van der Waals surface area contributed by atoms with Gasteiger partial charge in [-0.2, -0.15) is 0 Å². The van der Waals surface area contributed by atoms with Crippen LogP contribution in [0, 0.1) is 0 Å². The molecule has 3 heterocycles. The van der Waals surface area contributed by atoms with Crippen molar-refractivity contribution < 1.29 is 4.42 Å². The van der Waals surface area contributed by atoms with Gasteiger partial charge in [0.05, 0.1) is 5.41 Å². The lowest BCUT2D eigenvalue weighted by Crippen LogP contribution is -2.19. The predicted octanol–water partition coefficient (Wildman–Crippen LogP) is 4.06. The average Bonchev–Trinajstić information content (AvgIpc) is 3.35. The van der Waals surface area contributed by atoms with Crippen LogP contribution in [0.1, 0.15) is 38.1 Å². The SMILES string of the molecule is CC(C)(c1ccccc1)c1nnc(-c2cc(N3CCCC3)ccn2)o1. The molecule has 5 nitrogen and oxygen atoms in total. The number of rotatable bonds is 4. The first-order valence-electron chi connectivity index (χ1n) is 8.75. The van der Waals surface area contributed by atoms with E-state index >= 15 is 0 Å². The molecule has 0 spiro atoms. The molecule has 0 radical (unpaired) electrons. The van der Waals surface area contributed by atoms with Crippen molar-refractivity contribution in [1.82, 2.24) is 15.2 Å². The maximum atomic E-state index is 6.00. The van der Waals surface area contributed by atoms with Crippen LogP contribution in [0.2, 0.25) is 0 Å². The molecule has 2 aromatic heterocycles. The molecule has 0 bridgehead atoms. The molecule has 0 atom stereocenters. The summed E-state index contributed by atoms with van der Waals surface area (Å²) in [6.45, 7) is 6.38. The molecule has 3 aromatic rings. The molecule has 0 aliphatic carbocycles. The summed E-state index contributed by atoms with van der Waals surface area (Å²) >= 11 is 0. The van der Waals surface area contributed by atoms with Crippen LogP contribution in [0.3, 0.4) is 0 Å². The molecule has 128 valence electrons. The van der Waals surface area contributed by atoms with Crippen LogP contribution < -0.4 is 4.90 Å². The lowest BCUT2D eigenvalue weighted by molar-refractivity contribution is 0.419. The van der Waals surface area contributed by atoms with E-state index in [4.69, 9.17) is 4.42 Å². The van der Waals surface area contributed by atoms with Crippen molar-refractivity contribution in [3.05, 3.63) is 60.1 Å². The molecule has 1 aromatic carbocycles. The van der Waals surface area contributed by atoms with E-state index in [1.807, 2.05) is 36.5 Å². The third kappa shape index (κ3) is 3.02. The van der Waals surface area contributed by atoms with Crippen molar-refractivity contribution in [3.63, 3.8) is 0 Å². The molecule has 0 unspecified atom stereocenters. The van der Waals surface area contributed by atoms with E-state index in [2.05, 4.69) is 46.1 Å². The highest BCUT2D eigenvalue weighted by atomic mass is 16.4. The monoisotopic (exact) mass is 334 g/mol. The molecule has 25 heavy (non-hydrogen) atoms. The summed E-state index contributed by atoms with van der Waals surface area (Å²) in [7, 11) is 0. The Kier molecular flexibility index (Phi) is 3.99. The third-order valence-corrected chi connectivity index (χ3v) is 4.89.